The Hall–Kier alpha value is -2.91. The molecule has 1 aliphatic rings. The lowest BCUT2D eigenvalue weighted by Crippen LogP contribution is -2.56. The smallest absolute Gasteiger partial charge is 0.245 e. The van der Waals surface area contributed by atoms with Gasteiger partial charge in [-0.05, 0) is 95.0 Å². The van der Waals surface area contributed by atoms with Gasteiger partial charge in [-0.25, -0.2) is 0 Å². The minimum atomic E-state index is -1.29. The van der Waals surface area contributed by atoms with Crippen molar-refractivity contribution in [2.45, 2.75) is 101 Å². The maximum Gasteiger partial charge on any atom is 0.245 e. The summed E-state index contributed by atoms with van der Waals surface area (Å²) in [6, 6.07) is 14.2. The van der Waals surface area contributed by atoms with E-state index in [1.54, 1.807) is 20.1 Å². The van der Waals surface area contributed by atoms with E-state index in [1.165, 1.54) is 11.8 Å². The highest BCUT2D eigenvalue weighted by Gasteiger charge is 2.44. The number of likely N-dealkylation sites (N-methyl/N-ethyl adjacent to an activating group) is 1. The Morgan fingerprint density at radius 2 is 1.67 bits per heavy atom. The van der Waals surface area contributed by atoms with Crippen molar-refractivity contribution < 1.29 is 29.6 Å². The minimum Gasteiger partial charge on any atom is -0.387 e. The van der Waals surface area contributed by atoms with Gasteiger partial charge < -0.3 is 30.7 Å². The summed E-state index contributed by atoms with van der Waals surface area (Å²) in [5.74, 6) is 2.32. The van der Waals surface area contributed by atoms with Gasteiger partial charge in [-0.1, -0.05) is 48.4 Å². The van der Waals surface area contributed by atoms with Crippen LogP contribution in [-0.4, -0.2) is 93.3 Å². The first kappa shape index (κ1) is 37.5. The molecule has 1 saturated heterocycles. The van der Waals surface area contributed by atoms with Gasteiger partial charge in [-0.2, -0.15) is 0 Å². The number of benzene rings is 2. The number of carbonyl (C=O) groups is 2. The van der Waals surface area contributed by atoms with E-state index in [0.29, 0.717) is 32.4 Å². The number of rotatable bonds is 14. The summed E-state index contributed by atoms with van der Waals surface area (Å²) in [6.07, 6.45) is 5.31. The second kappa shape index (κ2) is 16.3. The Morgan fingerprint density at radius 1 is 1.02 bits per heavy atom. The first-order valence-electron chi connectivity index (χ1n) is 15.8. The number of nitrogens with zero attached hydrogens (tertiary/aromatic N) is 1. The van der Waals surface area contributed by atoms with Gasteiger partial charge in [0.15, 0.2) is 0 Å². The Bertz CT molecular complexity index is 1370. The summed E-state index contributed by atoms with van der Waals surface area (Å²) < 4.78 is 5.95. The van der Waals surface area contributed by atoms with E-state index in [-0.39, 0.29) is 11.8 Å². The van der Waals surface area contributed by atoms with Crippen molar-refractivity contribution in [1.29, 1.82) is 0 Å². The van der Waals surface area contributed by atoms with Crippen LogP contribution in [0.1, 0.15) is 74.5 Å². The number of terminal acetylenes is 1. The average molecular weight is 654 g/mol. The molecule has 2 aromatic carbocycles. The Morgan fingerprint density at radius 3 is 2.30 bits per heavy atom. The van der Waals surface area contributed by atoms with Crippen LogP contribution in [0.5, 0.6) is 0 Å². The monoisotopic (exact) mass is 653 g/mol. The first-order chi connectivity index (χ1) is 21.6. The lowest BCUT2D eigenvalue weighted by atomic mass is 9.91. The van der Waals surface area contributed by atoms with Crippen LogP contribution >= 0.6 is 11.8 Å². The van der Waals surface area contributed by atoms with E-state index in [2.05, 4.69) is 40.8 Å². The summed E-state index contributed by atoms with van der Waals surface area (Å²) in [4.78, 5) is 27.4. The third-order valence-electron chi connectivity index (χ3n) is 8.85. The average Bonchev–Trinajstić information content (AvgIpc) is 3.01. The molecule has 0 bridgehead atoms. The number of aryl methyl sites for hydroxylation is 2. The van der Waals surface area contributed by atoms with Crippen LogP contribution in [0, 0.1) is 19.3 Å². The van der Waals surface area contributed by atoms with E-state index in [1.807, 2.05) is 50.9 Å². The molecule has 3 rings (SSSR count). The fourth-order valence-electron chi connectivity index (χ4n) is 5.29. The predicted molar refractivity (Wildman–Crippen MR) is 183 cm³/mol. The van der Waals surface area contributed by atoms with Crippen molar-refractivity contribution in [2.75, 3.05) is 26.4 Å². The molecule has 9 nitrogen and oxygen atoms in total. The second-order valence-electron chi connectivity index (χ2n) is 13.2. The van der Waals surface area contributed by atoms with E-state index in [4.69, 9.17) is 11.2 Å². The first-order valence-corrected chi connectivity index (χ1v) is 17.1. The summed E-state index contributed by atoms with van der Waals surface area (Å²) in [5.41, 5.74) is 3.09. The van der Waals surface area contributed by atoms with Crippen molar-refractivity contribution in [2.24, 2.45) is 0 Å². The Labute approximate surface area is 278 Å². The molecule has 1 heterocycles. The van der Waals surface area contributed by atoms with Gasteiger partial charge in [-0.3, -0.25) is 14.5 Å². The van der Waals surface area contributed by atoms with Crippen molar-refractivity contribution in [3.05, 3.63) is 70.3 Å². The molecule has 2 amide bonds. The summed E-state index contributed by atoms with van der Waals surface area (Å²) in [7, 11) is 1.91. The van der Waals surface area contributed by atoms with Crippen LogP contribution in [0.15, 0.2) is 42.5 Å². The number of thioether (sulfide) groups is 1. The molecule has 2 aromatic rings. The molecule has 10 heteroatoms. The van der Waals surface area contributed by atoms with Crippen LogP contribution < -0.4 is 10.6 Å². The fraction of sp³-hybridized carbons (Fsp3) is 0.556. The molecule has 1 fully saturated rings. The highest BCUT2D eigenvalue weighted by atomic mass is 32.2. The molecule has 0 aromatic heterocycles. The van der Waals surface area contributed by atoms with E-state index in [9.17, 15) is 24.9 Å². The topological polar surface area (TPSA) is 131 Å². The molecule has 0 radical (unpaired) electrons. The predicted octanol–water partition coefficient (Wildman–Crippen LogP) is 3.11. The third kappa shape index (κ3) is 9.80. The quantitative estimate of drug-likeness (QED) is 0.197. The molecule has 46 heavy (non-hydrogen) atoms. The normalized spacial score (nSPS) is 21.9. The number of aliphatic hydroxyl groups excluding tert-OH is 3. The fourth-order valence-corrected chi connectivity index (χ4v) is 5.96. The number of hydrogen-bond donors (Lipinski definition) is 5. The van der Waals surface area contributed by atoms with Gasteiger partial charge in [0.1, 0.15) is 35.4 Å². The van der Waals surface area contributed by atoms with Crippen molar-refractivity contribution >= 4 is 23.6 Å². The molecule has 5 N–H and O–H groups in total. The van der Waals surface area contributed by atoms with Crippen LogP contribution in [0.2, 0.25) is 0 Å². The van der Waals surface area contributed by atoms with Crippen LogP contribution in [0.4, 0.5) is 0 Å². The largest absolute Gasteiger partial charge is 0.387 e. The van der Waals surface area contributed by atoms with E-state index in [0.717, 1.165) is 34.2 Å². The van der Waals surface area contributed by atoms with E-state index < -0.39 is 40.9 Å². The second-order valence-corrected chi connectivity index (χ2v) is 14.2. The van der Waals surface area contributed by atoms with Crippen LogP contribution in [0.3, 0.4) is 0 Å². The SMILES string of the molecule is C#CC(C)(C)N(C)CCNC(=O)C(C)(C)NC(=O)CCCc1ccc(Cc2cc([C@@H]3O[C@H](SC)[C@@H](O)[C@H](O)[C@H]3O)ccc2C)cc1. The highest BCUT2D eigenvalue weighted by molar-refractivity contribution is 7.99. The Balaban J connectivity index is 1.49. The maximum absolute atomic E-state index is 12.7. The zero-order valence-corrected chi connectivity index (χ0v) is 29.0. The molecular weight excluding hydrogens is 602 g/mol. The lowest BCUT2D eigenvalue weighted by molar-refractivity contribution is -0.200. The molecule has 0 spiro atoms. The van der Waals surface area contributed by atoms with Gasteiger partial charge in [0.2, 0.25) is 11.8 Å². The molecule has 1 aliphatic heterocycles. The van der Waals surface area contributed by atoms with Gasteiger partial charge in [-0.15, -0.1) is 18.2 Å². The number of carbonyl (C=O) groups excluding carboxylic acids is 2. The summed E-state index contributed by atoms with van der Waals surface area (Å²) >= 11 is 1.30. The number of amides is 2. The maximum atomic E-state index is 12.7. The highest BCUT2D eigenvalue weighted by Crippen LogP contribution is 2.36. The van der Waals surface area contributed by atoms with Gasteiger partial charge >= 0.3 is 0 Å². The molecule has 0 saturated carbocycles. The van der Waals surface area contributed by atoms with Crippen molar-refractivity contribution in [1.82, 2.24) is 15.5 Å². The van der Waals surface area contributed by atoms with Crippen LogP contribution in [-0.2, 0) is 27.2 Å². The number of ether oxygens (including phenoxy) is 1. The number of nitrogens with one attached hydrogen (secondary N) is 2. The molecule has 0 aliphatic carbocycles. The van der Waals surface area contributed by atoms with Gasteiger partial charge in [0, 0.05) is 19.5 Å². The Kier molecular flexibility index (Phi) is 13.3. The molecule has 5 atom stereocenters. The third-order valence-corrected chi connectivity index (χ3v) is 9.70. The zero-order chi connectivity index (χ0) is 34.2. The number of hydrogen-bond acceptors (Lipinski definition) is 8. The minimum absolute atomic E-state index is 0.171. The molecular formula is C36H51N3O6S. The van der Waals surface area contributed by atoms with Gasteiger partial charge in [0.25, 0.3) is 0 Å². The number of aliphatic hydroxyl groups is 3. The van der Waals surface area contributed by atoms with Crippen LogP contribution in [0.25, 0.3) is 0 Å². The van der Waals surface area contributed by atoms with E-state index >= 15 is 0 Å². The zero-order valence-electron chi connectivity index (χ0n) is 28.2. The molecule has 0 unspecified atom stereocenters. The standard InChI is InChI=1S/C36H51N3O6S/c1-9-35(3,4)39(7)20-19-37-34(44)36(5,6)38-28(40)12-10-11-24-14-16-25(17-15-24)21-27-22-26(18-13-23(27)2)32-30(42)29(41)31(43)33(45-32)46-8/h1,13-18,22,29-33,41-43H,10-12,19-21H2,2-8H3,(H,37,44)(H,38,40)/t29-,30-,31+,32+,33-/m1/s1. The summed E-state index contributed by atoms with van der Waals surface area (Å²) in [5, 5.41) is 36.9. The summed E-state index contributed by atoms with van der Waals surface area (Å²) in [6.45, 7) is 10.3. The van der Waals surface area contributed by atoms with Crippen molar-refractivity contribution in [3.8, 4) is 12.3 Å². The van der Waals surface area contributed by atoms with Gasteiger partial charge in [0.05, 0.1) is 5.54 Å². The van der Waals surface area contributed by atoms with Crippen molar-refractivity contribution in [3.63, 3.8) is 0 Å². The lowest BCUT2D eigenvalue weighted by Gasteiger charge is -2.40. The molecule has 252 valence electrons.